The Hall–Kier alpha value is -2.68. The Morgan fingerprint density at radius 3 is 2.36 bits per heavy atom. The van der Waals surface area contributed by atoms with Crippen LogP contribution in [0.25, 0.3) is 0 Å². The Kier molecular flexibility index (Phi) is 4.15. The van der Waals surface area contributed by atoms with Gasteiger partial charge in [-0.25, -0.2) is 0 Å². The Labute approximate surface area is 130 Å². The van der Waals surface area contributed by atoms with Crippen molar-refractivity contribution in [2.45, 2.75) is 19.4 Å². The molecule has 0 aliphatic heterocycles. The summed E-state index contributed by atoms with van der Waals surface area (Å²) in [7, 11) is 0. The summed E-state index contributed by atoms with van der Waals surface area (Å²) in [5, 5.41) is 4.30. The number of carbonyl (C=O) groups is 1. The number of nitrogens with zero attached hydrogens (tertiary/aromatic N) is 2. The van der Waals surface area contributed by atoms with E-state index in [1.807, 2.05) is 61.7 Å². The second kappa shape index (κ2) is 6.39. The first-order valence-electron chi connectivity index (χ1n) is 7.39. The van der Waals surface area contributed by atoms with Gasteiger partial charge in [0, 0.05) is 12.1 Å². The van der Waals surface area contributed by atoms with Gasteiger partial charge in [0.15, 0.2) is 5.78 Å². The minimum absolute atomic E-state index is 0.102. The Bertz CT molecular complexity index is 747. The highest BCUT2D eigenvalue weighted by molar-refractivity contribution is 6.00. The van der Waals surface area contributed by atoms with Crippen LogP contribution in [0.3, 0.4) is 0 Å². The number of benzene rings is 2. The minimum Gasteiger partial charge on any atom is -0.293 e. The van der Waals surface area contributed by atoms with E-state index in [9.17, 15) is 4.79 Å². The summed E-state index contributed by atoms with van der Waals surface area (Å²) in [6.07, 6.45) is 3.49. The molecule has 110 valence electrons. The molecule has 3 rings (SSSR count). The molecule has 1 atom stereocenters. The van der Waals surface area contributed by atoms with Gasteiger partial charge in [-0.15, -0.1) is 0 Å². The quantitative estimate of drug-likeness (QED) is 0.668. The molecular weight excluding hydrogens is 272 g/mol. The lowest BCUT2D eigenvalue weighted by Gasteiger charge is -2.09. The van der Waals surface area contributed by atoms with E-state index in [1.165, 1.54) is 5.56 Å². The third kappa shape index (κ3) is 3.14. The smallest absolute Gasteiger partial charge is 0.173 e. The van der Waals surface area contributed by atoms with Gasteiger partial charge >= 0.3 is 0 Å². The molecule has 0 radical (unpaired) electrons. The average Bonchev–Trinajstić information content (AvgIpc) is 3.04. The lowest BCUT2D eigenvalue weighted by atomic mass is 9.94. The Balaban J connectivity index is 1.74. The molecule has 2 aromatic carbocycles. The third-order valence-corrected chi connectivity index (χ3v) is 3.80. The van der Waals surface area contributed by atoms with Gasteiger partial charge in [0.2, 0.25) is 0 Å². The highest BCUT2D eigenvalue weighted by atomic mass is 16.1. The van der Waals surface area contributed by atoms with Crippen molar-refractivity contribution in [1.82, 2.24) is 9.78 Å². The zero-order valence-corrected chi connectivity index (χ0v) is 12.5. The fourth-order valence-corrected chi connectivity index (χ4v) is 2.49. The van der Waals surface area contributed by atoms with E-state index >= 15 is 0 Å². The monoisotopic (exact) mass is 290 g/mol. The summed E-state index contributed by atoms with van der Waals surface area (Å²) in [4.78, 5) is 12.6. The molecule has 0 amide bonds. The molecule has 0 spiro atoms. The van der Waals surface area contributed by atoms with E-state index in [-0.39, 0.29) is 11.7 Å². The maximum atomic E-state index is 12.6. The molecule has 1 aromatic heterocycles. The van der Waals surface area contributed by atoms with Crippen LogP contribution in [0.2, 0.25) is 0 Å². The van der Waals surface area contributed by atoms with E-state index in [0.29, 0.717) is 12.1 Å². The molecule has 22 heavy (non-hydrogen) atoms. The molecule has 1 unspecified atom stereocenters. The number of rotatable bonds is 5. The predicted molar refractivity (Wildman–Crippen MR) is 87.0 cm³/mol. The first-order chi connectivity index (χ1) is 10.7. The SMILES string of the molecule is CC(C(=O)c1cnn(Cc2ccccc2)c1)c1ccccc1. The van der Waals surface area contributed by atoms with Crippen LogP contribution in [-0.2, 0) is 6.54 Å². The van der Waals surface area contributed by atoms with Crippen LogP contribution in [0.4, 0.5) is 0 Å². The van der Waals surface area contributed by atoms with Crippen LogP contribution in [0.5, 0.6) is 0 Å². The molecule has 0 saturated carbocycles. The molecule has 0 aliphatic rings. The van der Waals surface area contributed by atoms with Gasteiger partial charge in [0.1, 0.15) is 0 Å². The van der Waals surface area contributed by atoms with Crippen LogP contribution in [0.15, 0.2) is 73.1 Å². The normalized spacial score (nSPS) is 12.0. The van der Waals surface area contributed by atoms with Crippen molar-refractivity contribution in [3.05, 3.63) is 89.7 Å². The fourth-order valence-electron chi connectivity index (χ4n) is 2.49. The van der Waals surface area contributed by atoms with Crippen LogP contribution in [0.1, 0.15) is 34.3 Å². The number of hydrogen-bond acceptors (Lipinski definition) is 2. The van der Waals surface area contributed by atoms with Crippen molar-refractivity contribution >= 4 is 5.78 Å². The summed E-state index contributed by atoms with van der Waals surface area (Å²) >= 11 is 0. The zero-order chi connectivity index (χ0) is 15.4. The van der Waals surface area contributed by atoms with Crippen molar-refractivity contribution < 1.29 is 4.79 Å². The minimum atomic E-state index is -0.157. The van der Waals surface area contributed by atoms with Crippen molar-refractivity contribution in [3.63, 3.8) is 0 Å². The highest BCUT2D eigenvalue weighted by Gasteiger charge is 2.18. The van der Waals surface area contributed by atoms with Gasteiger partial charge in [-0.05, 0) is 11.1 Å². The second-order valence-corrected chi connectivity index (χ2v) is 5.41. The second-order valence-electron chi connectivity index (χ2n) is 5.41. The molecule has 0 bridgehead atoms. The summed E-state index contributed by atoms with van der Waals surface area (Å²) in [6, 6.07) is 19.9. The van der Waals surface area contributed by atoms with Crippen LogP contribution < -0.4 is 0 Å². The van der Waals surface area contributed by atoms with Crippen molar-refractivity contribution in [2.24, 2.45) is 0 Å². The van der Waals surface area contributed by atoms with Crippen molar-refractivity contribution in [2.75, 3.05) is 0 Å². The third-order valence-electron chi connectivity index (χ3n) is 3.80. The van der Waals surface area contributed by atoms with E-state index in [4.69, 9.17) is 0 Å². The van der Waals surface area contributed by atoms with Crippen LogP contribution >= 0.6 is 0 Å². The lowest BCUT2D eigenvalue weighted by Crippen LogP contribution is -2.09. The molecule has 1 heterocycles. The standard InChI is InChI=1S/C19H18N2O/c1-15(17-10-6-3-7-11-17)19(22)18-12-20-21(14-18)13-16-8-4-2-5-9-16/h2-12,14-15H,13H2,1H3. The first kappa shape index (κ1) is 14.3. The molecule has 3 aromatic rings. The average molecular weight is 290 g/mol. The number of Topliss-reactive ketones (excluding diaryl/α,β-unsaturated/α-hetero) is 1. The van der Waals surface area contributed by atoms with Crippen LogP contribution in [-0.4, -0.2) is 15.6 Å². The van der Waals surface area contributed by atoms with Crippen LogP contribution in [0, 0.1) is 0 Å². The molecular formula is C19H18N2O. The number of carbonyl (C=O) groups excluding carboxylic acids is 1. The Morgan fingerprint density at radius 1 is 1.05 bits per heavy atom. The van der Waals surface area contributed by atoms with E-state index < -0.39 is 0 Å². The van der Waals surface area contributed by atoms with Gasteiger partial charge in [-0.1, -0.05) is 67.6 Å². The summed E-state index contributed by atoms with van der Waals surface area (Å²) < 4.78 is 1.81. The fraction of sp³-hybridized carbons (Fsp3) is 0.158. The molecule has 0 fully saturated rings. The van der Waals surface area contributed by atoms with Gasteiger partial charge in [0.25, 0.3) is 0 Å². The largest absolute Gasteiger partial charge is 0.293 e. The highest BCUT2D eigenvalue weighted by Crippen LogP contribution is 2.20. The van der Waals surface area contributed by atoms with Gasteiger partial charge in [-0.3, -0.25) is 9.48 Å². The van der Waals surface area contributed by atoms with E-state index in [1.54, 1.807) is 10.9 Å². The lowest BCUT2D eigenvalue weighted by molar-refractivity contribution is 0.0966. The Morgan fingerprint density at radius 2 is 1.68 bits per heavy atom. The maximum absolute atomic E-state index is 12.6. The molecule has 0 aliphatic carbocycles. The van der Waals surface area contributed by atoms with E-state index in [2.05, 4.69) is 17.2 Å². The molecule has 3 nitrogen and oxygen atoms in total. The summed E-state index contributed by atoms with van der Waals surface area (Å²) in [5.74, 6) is -0.0545. The van der Waals surface area contributed by atoms with E-state index in [0.717, 1.165) is 5.56 Å². The number of hydrogen-bond donors (Lipinski definition) is 0. The maximum Gasteiger partial charge on any atom is 0.173 e. The van der Waals surface area contributed by atoms with Crippen molar-refractivity contribution in [1.29, 1.82) is 0 Å². The summed E-state index contributed by atoms with van der Waals surface area (Å²) in [6.45, 7) is 2.61. The molecule has 0 N–H and O–H groups in total. The number of ketones is 1. The van der Waals surface area contributed by atoms with Gasteiger partial charge in [0.05, 0.1) is 18.3 Å². The first-order valence-corrected chi connectivity index (χ1v) is 7.39. The molecule has 3 heteroatoms. The van der Waals surface area contributed by atoms with Gasteiger partial charge < -0.3 is 0 Å². The number of aromatic nitrogens is 2. The zero-order valence-electron chi connectivity index (χ0n) is 12.5. The van der Waals surface area contributed by atoms with Gasteiger partial charge in [-0.2, -0.15) is 5.10 Å². The topological polar surface area (TPSA) is 34.9 Å². The van der Waals surface area contributed by atoms with Crippen molar-refractivity contribution in [3.8, 4) is 0 Å². The summed E-state index contributed by atoms with van der Waals surface area (Å²) in [5.41, 5.74) is 2.86. The predicted octanol–water partition coefficient (Wildman–Crippen LogP) is 3.92. The molecule has 0 saturated heterocycles.